The zero-order chi connectivity index (χ0) is 25.8. The number of carboxylic acid groups (broad SMARTS) is 1. The minimum atomic E-state index is -1.11. The summed E-state index contributed by atoms with van der Waals surface area (Å²) in [7, 11) is 0. The lowest BCUT2D eigenvalue weighted by atomic mass is 9.76. The van der Waals surface area contributed by atoms with Crippen LogP contribution in [0.4, 0.5) is 4.39 Å². The first-order valence-corrected chi connectivity index (χ1v) is 12.9. The van der Waals surface area contributed by atoms with Crippen molar-refractivity contribution in [3.8, 4) is 0 Å². The van der Waals surface area contributed by atoms with Gasteiger partial charge in [0.1, 0.15) is 5.82 Å². The van der Waals surface area contributed by atoms with E-state index in [2.05, 4.69) is 24.9 Å². The molecule has 2 atom stereocenters. The third kappa shape index (κ3) is 4.42. The maximum absolute atomic E-state index is 13.8. The van der Waals surface area contributed by atoms with Crippen molar-refractivity contribution in [2.75, 3.05) is 0 Å². The number of H-pyrrole nitrogens is 1. The summed E-state index contributed by atoms with van der Waals surface area (Å²) < 4.78 is 13.8. The molecule has 2 heterocycles. The third-order valence-electron chi connectivity index (χ3n) is 7.15. The number of nitrogens with two attached hydrogens (primary N) is 1. The first-order valence-electron chi connectivity index (χ1n) is 11.7. The van der Waals surface area contributed by atoms with Gasteiger partial charge in [-0.3, -0.25) is 4.79 Å². The van der Waals surface area contributed by atoms with E-state index in [1.807, 2.05) is 0 Å². The van der Waals surface area contributed by atoms with E-state index in [4.69, 9.17) is 17.3 Å². The summed E-state index contributed by atoms with van der Waals surface area (Å²) in [5.74, 6) is -3.37. The van der Waals surface area contributed by atoms with Gasteiger partial charge in [-0.1, -0.05) is 37.6 Å². The number of halogens is 2. The molecule has 0 saturated carbocycles. The molecule has 5 nitrogen and oxygen atoms in total. The lowest BCUT2D eigenvalue weighted by Crippen LogP contribution is -2.27. The summed E-state index contributed by atoms with van der Waals surface area (Å²) in [6.07, 6.45) is 4.70. The Bertz CT molecular complexity index is 1490. The van der Waals surface area contributed by atoms with Crippen LogP contribution in [0.5, 0.6) is 0 Å². The normalized spacial score (nSPS) is 16.4. The Kier molecular flexibility index (Phi) is 6.17. The number of amides is 1. The molecule has 8 heteroatoms. The molecule has 0 bridgehead atoms. The maximum atomic E-state index is 13.8. The molecule has 2 unspecified atom stereocenters. The number of hydrogen-bond donors (Lipinski definition) is 3. The van der Waals surface area contributed by atoms with Crippen molar-refractivity contribution < 1.29 is 19.1 Å². The first kappa shape index (κ1) is 24.5. The standard InChI is InChI=1S/C28H26ClFN2O3S/c1-28(2)8-7-15-9-21(36-22(15)12-28)24(23(26(31)33)14-3-5-17(30)6-4-14)20-13-32-25-18(20)10-16(29)11-19(25)27(34)35/h3-6,9-11,13,23-24,32H,7-8,12H2,1-2H3,(H2,31,33)(H,34,35). The number of carbonyl (C=O) groups excluding carboxylic acids is 1. The van der Waals surface area contributed by atoms with E-state index in [0.29, 0.717) is 16.5 Å². The fourth-order valence-corrected chi connectivity index (χ4v) is 7.18. The molecule has 0 spiro atoms. The van der Waals surface area contributed by atoms with Crippen LogP contribution in [0, 0.1) is 11.2 Å². The molecule has 1 amide bonds. The van der Waals surface area contributed by atoms with Crippen LogP contribution < -0.4 is 5.73 Å². The molecule has 0 aliphatic heterocycles. The molecule has 0 saturated heterocycles. The predicted octanol–water partition coefficient (Wildman–Crippen LogP) is 6.64. The van der Waals surface area contributed by atoms with Gasteiger partial charge in [0.15, 0.2) is 0 Å². The van der Waals surface area contributed by atoms with Crippen LogP contribution >= 0.6 is 22.9 Å². The quantitative estimate of drug-likeness (QED) is 0.264. The highest BCUT2D eigenvalue weighted by atomic mass is 35.5. The van der Waals surface area contributed by atoms with E-state index in [-0.39, 0.29) is 16.0 Å². The molecule has 5 rings (SSSR count). The van der Waals surface area contributed by atoms with Crippen molar-refractivity contribution >= 4 is 45.7 Å². The van der Waals surface area contributed by atoms with Gasteiger partial charge in [-0.25, -0.2) is 9.18 Å². The number of carbonyl (C=O) groups is 2. The largest absolute Gasteiger partial charge is 0.478 e. The summed E-state index contributed by atoms with van der Waals surface area (Å²) in [6, 6.07) is 11.1. The number of nitrogens with one attached hydrogen (secondary N) is 1. The van der Waals surface area contributed by atoms with Crippen molar-refractivity contribution in [3.63, 3.8) is 0 Å². The second-order valence-electron chi connectivity index (χ2n) is 10.3. The van der Waals surface area contributed by atoms with Crippen LogP contribution in [0.3, 0.4) is 0 Å². The number of thiophene rings is 1. The van der Waals surface area contributed by atoms with E-state index in [1.165, 1.54) is 28.6 Å². The second-order valence-corrected chi connectivity index (χ2v) is 11.9. The van der Waals surface area contributed by atoms with E-state index in [0.717, 1.165) is 29.7 Å². The Morgan fingerprint density at radius 1 is 1.19 bits per heavy atom. The second kappa shape index (κ2) is 9.05. The zero-order valence-corrected chi connectivity index (χ0v) is 21.5. The number of benzene rings is 2. The van der Waals surface area contributed by atoms with Crippen molar-refractivity contribution in [1.29, 1.82) is 0 Å². The molecule has 2 aromatic carbocycles. The van der Waals surface area contributed by atoms with E-state index >= 15 is 0 Å². The summed E-state index contributed by atoms with van der Waals surface area (Å²) in [6.45, 7) is 4.51. The predicted molar refractivity (Wildman–Crippen MR) is 141 cm³/mol. The number of aromatic carboxylic acids is 1. The number of carboxylic acids is 1. The molecule has 2 aromatic heterocycles. The highest BCUT2D eigenvalue weighted by molar-refractivity contribution is 7.12. The molecule has 0 fully saturated rings. The van der Waals surface area contributed by atoms with Crippen molar-refractivity contribution in [2.24, 2.45) is 11.1 Å². The van der Waals surface area contributed by atoms with Gasteiger partial charge in [-0.15, -0.1) is 11.3 Å². The molecule has 0 radical (unpaired) electrons. The molecule has 1 aliphatic carbocycles. The van der Waals surface area contributed by atoms with Crippen LogP contribution in [-0.2, 0) is 17.6 Å². The minimum absolute atomic E-state index is 0.0483. The summed E-state index contributed by atoms with van der Waals surface area (Å²) >= 11 is 8.00. The van der Waals surface area contributed by atoms with Gasteiger partial charge < -0.3 is 15.8 Å². The zero-order valence-electron chi connectivity index (χ0n) is 19.9. The molecule has 36 heavy (non-hydrogen) atoms. The van der Waals surface area contributed by atoms with E-state index in [1.54, 1.807) is 35.7 Å². The summed E-state index contributed by atoms with van der Waals surface area (Å²) in [5, 5.41) is 10.6. The maximum Gasteiger partial charge on any atom is 0.337 e. The number of aryl methyl sites for hydroxylation is 1. The number of primary amides is 1. The SMILES string of the molecule is CC1(C)CCc2cc(C(c3c[nH]c4c(C(=O)O)cc(Cl)cc34)C(C(N)=O)c3ccc(F)cc3)sc2C1. The van der Waals surface area contributed by atoms with Gasteiger partial charge >= 0.3 is 5.97 Å². The average molecular weight is 525 g/mol. The number of aromatic nitrogens is 1. The smallest absolute Gasteiger partial charge is 0.337 e. The molecular weight excluding hydrogens is 499 g/mol. The number of hydrogen-bond acceptors (Lipinski definition) is 3. The fourth-order valence-electron chi connectivity index (χ4n) is 5.33. The molecule has 4 aromatic rings. The van der Waals surface area contributed by atoms with E-state index in [9.17, 15) is 19.1 Å². The van der Waals surface area contributed by atoms with Crippen molar-refractivity contribution in [3.05, 3.63) is 91.5 Å². The van der Waals surface area contributed by atoms with Gasteiger partial charge in [-0.05, 0) is 71.7 Å². The Hall–Kier alpha value is -3.16. The topological polar surface area (TPSA) is 96.2 Å². The number of fused-ring (bicyclic) bond motifs is 2. The lowest BCUT2D eigenvalue weighted by molar-refractivity contribution is -0.119. The van der Waals surface area contributed by atoms with Gasteiger partial charge in [-0.2, -0.15) is 0 Å². The first-order chi connectivity index (χ1) is 17.0. The van der Waals surface area contributed by atoms with Crippen molar-refractivity contribution in [2.45, 2.75) is 44.9 Å². The highest BCUT2D eigenvalue weighted by Gasteiger charge is 2.36. The molecule has 1 aliphatic rings. The molecule has 4 N–H and O–H groups in total. The Labute approximate surface area is 217 Å². The minimum Gasteiger partial charge on any atom is -0.478 e. The summed E-state index contributed by atoms with van der Waals surface area (Å²) in [5.41, 5.74) is 9.26. The van der Waals surface area contributed by atoms with Gasteiger partial charge in [0.05, 0.1) is 17.0 Å². The van der Waals surface area contributed by atoms with Crippen LogP contribution in [0.2, 0.25) is 5.02 Å². The van der Waals surface area contributed by atoms with Gasteiger partial charge in [0.25, 0.3) is 0 Å². The van der Waals surface area contributed by atoms with Crippen LogP contribution in [0.1, 0.15) is 68.9 Å². The monoisotopic (exact) mass is 524 g/mol. The number of rotatable bonds is 6. The van der Waals surface area contributed by atoms with Crippen LogP contribution in [0.25, 0.3) is 10.9 Å². The van der Waals surface area contributed by atoms with Crippen molar-refractivity contribution in [1.82, 2.24) is 4.98 Å². The highest BCUT2D eigenvalue weighted by Crippen LogP contribution is 2.48. The number of aromatic amines is 1. The molecular formula is C28H26ClFN2O3S. The lowest BCUT2D eigenvalue weighted by Gasteiger charge is -2.28. The van der Waals surface area contributed by atoms with Gasteiger partial charge in [0.2, 0.25) is 5.91 Å². The average Bonchev–Trinajstić information content (AvgIpc) is 3.40. The summed E-state index contributed by atoms with van der Waals surface area (Å²) in [4.78, 5) is 30.3. The van der Waals surface area contributed by atoms with Gasteiger partial charge in [0, 0.05) is 32.3 Å². The Balaban J connectivity index is 1.75. The van der Waals surface area contributed by atoms with E-state index < -0.39 is 29.5 Å². The third-order valence-corrected chi connectivity index (χ3v) is 8.63. The molecule has 186 valence electrons. The van der Waals surface area contributed by atoms with Crippen LogP contribution in [-0.4, -0.2) is 22.0 Å². The Morgan fingerprint density at radius 3 is 2.58 bits per heavy atom. The fraction of sp³-hybridized carbons (Fsp3) is 0.286. The van der Waals surface area contributed by atoms with Crippen LogP contribution in [0.15, 0.2) is 48.7 Å². The Morgan fingerprint density at radius 2 is 1.92 bits per heavy atom.